The third-order valence-corrected chi connectivity index (χ3v) is 4.69. The molecule has 1 aromatic heterocycles. The van der Waals surface area contributed by atoms with Crippen molar-refractivity contribution in [3.05, 3.63) is 15.6 Å². The van der Waals surface area contributed by atoms with Crippen LogP contribution in [0, 0.1) is 0 Å². The van der Waals surface area contributed by atoms with Crippen molar-refractivity contribution < 1.29 is 0 Å². The van der Waals surface area contributed by atoms with E-state index in [9.17, 15) is 0 Å². The Morgan fingerprint density at radius 3 is 2.88 bits per heavy atom. The molecule has 1 unspecified atom stereocenters. The molecule has 3 heteroatoms. The fraction of sp³-hybridized carbons (Fsp3) is 0.769. The van der Waals surface area contributed by atoms with Crippen molar-refractivity contribution in [2.45, 2.75) is 64.3 Å². The summed E-state index contributed by atoms with van der Waals surface area (Å²) in [5.74, 6) is 0. The largest absolute Gasteiger partial charge is 0.327 e. The fourth-order valence-electron chi connectivity index (χ4n) is 2.36. The molecular weight excluding hydrogens is 216 g/mol. The van der Waals surface area contributed by atoms with Crippen LogP contribution in [0.1, 0.15) is 55.6 Å². The van der Waals surface area contributed by atoms with E-state index in [1.807, 2.05) is 11.3 Å². The van der Waals surface area contributed by atoms with Gasteiger partial charge in [-0.15, -0.1) is 11.3 Å². The van der Waals surface area contributed by atoms with Crippen molar-refractivity contribution in [3.8, 4) is 0 Å². The standard InChI is InChI=1S/C13H22N2S/c1-4-9(14)8-11-15-12-10(16-11)6-5-7-13(12,2)3/h9H,4-8,14H2,1-3H3. The number of thiazole rings is 1. The van der Waals surface area contributed by atoms with Gasteiger partial charge in [0.25, 0.3) is 0 Å². The highest BCUT2D eigenvalue weighted by atomic mass is 32.1. The van der Waals surface area contributed by atoms with Crippen molar-refractivity contribution in [2.24, 2.45) is 5.73 Å². The Morgan fingerprint density at radius 1 is 1.50 bits per heavy atom. The van der Waals surface area contributed by atoms with Crippen molar-refractivity contribution >= 4 is 11.3 Å². The summed E-state index contributed by atoms with van der Waals surface area (Å²) >= 11 is 1.89. The topological polar surface area (TPSA) is 38.9 Å². The maximum Gasteiger partial charge on any atom is 0.0946 e. The van der Waals surface area contributed by atoms with Crippen LogP contribution in [-0.2, 0) is 18.3 Å². The average molecular weight is 238 g/mol. The van der Waals surface area contributed by atoms with Crippen LogP contribution in [0.15, 0.2) is 0 Å². The molecule has 1 aliphatic carbocycles. The molecule has 0 radical (unpaired) electrons. The molecule has 1 aromatic rings. The molecule has 1 heterocycles. The Bertz CT molecular complexity index is 368. The zero-order valence-corrected chi connectivity index (χ0v) is 11.4. The van der Waals surface area contributed by atoms with Crippen LogP contribution in [0.2, 0.25) is 0 Å². The Kier molecular flexibility index (Phi) is 3.36. The van der Waals surface area contributed by atoms with Crippen molar-refractivity contribution in [1.29, 1.82) is 0 Å². The second-order valence-electron chi connectivity index (χ2n) is 5.49. The lowest BCUT2D eigenvalue weighted by molar-refractivity contribution is 0.423. The van der Waals surface area contributed by atoms with Crippen molar-refractivity contribution in [2.75, 3.05) is 0 Å². The summed E-state index contributed by atoms with van der Waals surface area (Å²) in [7, 11) is 0. The van der Waals surface area contributed by atoms with Gasteiger partial charge in [0.15, 0.2) is 0 Å². The molecule has 2 N–H and O–H groups in total. The molecular formula is C13H22N2S. The van der Waals surface area contributed by atoms with E-state index in [-0.39, 0.29) is 11.5 Å². The summed E-state index contributed by atoms with van der Waals surface area (Å²) in [5.41, 5.74) is 7.62. The second-order valence-corrected chi connectivity index (χ2v) is 6.66. The van der Waals surface area contributed by atoms with Gasteiger partial charge >= 0.3 is 0 Å². The minimum absolute atomic E-state index is 0.274. The molecule has 0 saturated carbocycles. The van der Waals surface area contributed by atoms with E-state index in [0.717, 1.165) is 12.8 Å². The van der Waals surface area contributed by atoms with E-state index in [1.165, 1.54) is 34.8 Å². The molecule has 0 amide bonds. The highest BCUT2D eigenvalue weighted by molar-refractivity contribution is 7.11. The summed E-state index contributed by atoms with van der Waals surface area (Å²) < 4.78 is 0. The van der Waals surface area contributed by atoms with E-state index in [1.54, 1.807) is 0 Å². The summed E-state index contributed by atoms with van der Waals surface area (Å²) in [4.78, 5) is 6.34. The first kappa shape index (κ1) is 12.1. The van der Waals surface area contributed by atoms with Gasteiger partial charge in [-0.1, -0.05) is 20.8 Å². The number of hydrogen-bond acceptors (Lipinski definition) is 3. The van der Waals surface area contributed by atoms with Crippen LogP contribution in [0.25, 0.3) is 0 Å². The summed E-state index contributed by atoms with van der Waals surface area (Å²) in [6.07, 6.45) is 5.78. The predicted molar refractivity (Wildman–Crippen MR) is 70.0 cm³/mol. The maximum absolute atomic E-state index is 6.00. The van der Waals surface area contributed by atoms with Gasteiger partial charge in [0.1, 0.15) is 0 Å². The molecule has 0 aromatic carbocycles. The molecule has 2 nitrogen and oxygen atoms in total. The molecule has 90 valence electrons. The Morgan fingerprint density at radius 2 is 2.25 bits per heavy atom. The summed E-state index contributed by atoms with van der Waals surface area (Å²) in [6, 6.07) is 0.274. The summed E-state index contributed by atoms with van der Waals surface area (Å²) in [5, 5.41) is 1.24. The van der Waals surface area contributed by atoms with Gasteiger partial charge in [0.2, 0.25) is 0 Å². The monoisotopic (exact) mass is 238 g/mol. The molecule has 0 aliphatic heterocycles. The van der Waals surface area contributed by atoms with Crippen LogP contribution in [0.4, 0.5) is 0 Å². The van der Waals surface area contributed by atoms with Gasteiger partial charge in [-0.05, 0) is 25.7 Å². The number of aryl methyl sites for hydroxylation is 1. The lowest BCUT2D eigenvalue weighted by Gasteiger charge is -2.28. The van der Waals surface area contributed by atoms with Gasteiger partial charge in [-0.2, -0.15) is 0 Å². The average Bonchev–Trinajstić information content (AvgIpc) is 2.61. The van der Waals surface area contributed by atoms with Gasteiger partial charge in [0, 0.05) is 22.8 Å². The van der Waals surface area contributed by atoms with Crippen LogP contribution in [-0.4, -0.2) is 11.0 Å². The molecule has 0 spiro atoms. The first-order valence-electron chi connectivity index (χ1n) is 6.27. The molecule has 1 aliphatic rings. The fourth-order valence-corrected chi connectivity index (χ4v) is 3.75. The number of nitrogens with zero attached hydrogens (tertiary/aromatic N) is 1. The quantitative estimate of drug-likeness (QED) is 0.879. The van der Waals surface area contributed by atoms with E-state index in [0.29, 0.717) is 0 Å². The van der Waals surface area contributed by atoms with Crippen molar-refractivity contribution in [1.82, 2.24) is 4.98 Å². The first-order valence-corrected chi connectivity index (χ1v) is 7.09. The summed E-state index contributed by atoms with van der Waals surface area (Å²) in [6.45, 7) is 6.77. The minimum atomic E-state index is 0.274. The highest BCUT2D eigenvalue weighted by Gasteiger charge is 2.31. The smallest absolute Gasteiger partial charge is 0.0946 e. The molecule has 0 saturated heterocycles. The third-order valence-electron chi connectivity index (χ3n) is 3.55. The van der Waals surface area contributed by atoms with Gasteiger partial charge < -0.3 is 5.73 Å². The molecule has 1 atom stereocenters. The molecule has 2 rings (SSSR count). The second kappa shape index (κ2) is 4.46. The molecule has 0 fully saturated rings. The molecule has 0 bridgehead atoms. The Hall–Kier alpha value is -0.410. The van der Waals surface area contributed by atoms with Gasteiger partial charge in [-0.25, -0.2) is 4.98 Å². The third kappa shape index (κ3) is 2.30. The lowest BCUT2D eigenvalue weighted by atomic mass is 9.79. The van der Waals surface area contributed by atoms with E-state index < -0.39 is 0 Å². The van der Waals surface area contributed by atoms with Crippen LogP contribution >= 0.6 is 11.3 Å². The normalized spacial score (nSPS) is 20.5. The van der Waals surface area contributed by atoms with Crippen LogP contribution in [0.3, 0.4) is 0 Å². The van der Waals surface area contributed by atoms with Crippen LogP contribution in [0.5, 0.6) is 0 Å². The minimum Gasteiger partial charge on any atom is -0.327 e. The van der Waals surface area contributed by atoms with Crippen molar-refractivity contribution in [3.63, 3.8) is 0 Å². The highest BCUT2D eigenvalue weighted by Crippen LogP contribution is 2.39. The zero-order chi connectivity index (χ0) is 11.8. The van der Waals surface area contributed by atoms with Crippen LogP contribution < -0.4 is 5.73 Å². The van der Waals surface area contributed by atoms with Gasteiger partial charge in [-0.3, -0.25) is 0 Å². The number of nitrogens with two attached hydrogens (primary N) is 1. The lowest BCUT2D eigenvalue weighted by Crippen LogP contribution is -2.24. The maximum atomic E-state index is 6.00. The van der Waals surface area contributed by atoms with E-state index in [2.05, 4.69) is 20.8 Å². The van der Waals surface area contributed by atoms with Gasteiger partial charge in [0.05, 0.1) is 10.7 Å². The number of rotatable bonds is 3. The molecule has 16 heavy (non-hydrogen) atoms. The SMILES string of the molecule is CCC(N)Cc1nc2c(s1)CCCC2(C)C. The Balaban J connectivity index is 2.22. The first-order chi connectivity index (χ1) is 7.53. The number of fused-ring (bicyclic) bond motifs is 1. The number of hydrogen-bond donors (Lipinski definition) is 1. The zero-order valence-electron chi connectivity index (χ0n) is 10.5. The van der Waals surface area contributed by atoms with E-state index >= 15 is 0 Å². The van der Waals surface area contributed by atoms with E-state index in [4.69, 9.17) is 10.7 Å². The number of aromatic nitrogens is 1. The predicted octanol–water partition coefficient (Wildman–Crippen LogP) is 3.04. The Labute approximate surface area is 102 Å².